The Kier molecular flexibility index (Phi) is 7.24. The van der Waals surface area contributed by atoms with Gasteiger partial charge in [-0.05, 0) is 12.3 Å². The van der Waals surface area contributed by atoms with Gasteiger partial charge in [0.05, 0.1) is 6.07 Å². The number of rotatable bonds is 6. The fraction of sp³-hybridized carbons (Fsp3) is 0.900. The Morgan fingerprint density at radius 2 is 2.00 bits per heavy atom. The van der Waals surface area contributed by atoms with Crippen LogP contribution in [0.1, 0.15) is 52.4 Å². The first-order chi connectivity index (χ1) is 5.31. The summed E-state index contributed by atoms with van der Waals surface area (Å²) in [6, 6.07) is 2.21. The van der Waals surface area contributed by atoms with Gasteiger partial charge in [0.15, 0.2) is 0 Å². The molecule has 0 radical (unpaired) electrons. The summed E-state index contributed by atoms with van der Waals surface area (Å²) in [7, 11) is 0. The molecular formula is C10H19N. The summed E-state index contributed by atoms with van der Waals surface area (Å²) < 4.78 is 0. The van der Waals surface area contributed by atoms with Crippen LogP contribution in [0.3, 0.4) is 0 Å². The molecule has 0 aliphatic heterocycles. The third-order valence-corrected chi connectivity index (χ3v) is 1.99. The first kappa shape index (κ1) is 10.5. The third-order valence-electron chi connectivity index (χ3n) is 1.99. The molecule has 0 aliphatic rings. The zero-order chi connectivity index (χ0) is 8.53. The minimum Gasteiger partial charge on any atom is -0.198 e. The topological polar surface area (TPSA) is 23.8 Å². The van der Waals surface area contributed by atoms with Crippen molar-refractivity contribution in [3.63, 3.8) is 0 Å². The molecule has 0 N–H and O–H groups in total. The van der Waals surface area contributed by atoms with E-state index in [1.165, 1.54) is 32.1 Å². The van der Waals surface area contributed by atoms with Gasteiger partial charge in [-0.15, -0.1) is 0 Å². The van der Waals surface area contributed by atoms with E-state index in [0.29, 0.717) is 5.92 Å². The van der Waals surface area contributed by atoms with Crippen molar-refractivity contribution in [2.75, 3.05) is 0 Å². The van der Waals surface area contributed by atoms with Crippen molar-refractivity contribution in [1.82, 2.24) is 0 Å². The molecule has 0 aromatic heterocycles. The lowest BCUT2D eigenvalue weighted by atomic mass is 10.0. The molecule has 0 saturated carbocycles. The molecule has 1 unspecified atom stereocenters. The minimum atomic E-state index is 0.608. The van der Waals surface area contributed by atoms with Crippen LogP contribution in [-0.2, 0) is 0 Å². The number of nitrogens with zero attached hydrogens (tertiary/aromatic N) is 1. The zero-order valence-electron chi connectivity index (χ0n) is 7.77. The summed E-state index contributed by atoms with van der Waals surface area (Å²) in [5, 5.41) is 8.39. The van der Waals surface area contributed by atoms with E-state index >= 15 is 0 Å². The van der Waals surface area contributed by atoms with Gasteiger partial charge in [0, 0.05) is 6.42 Å². The van der Waals surface area contributed by atoms with Crippen LogP contribution in [0.15, 0.2) is 0 Å². The molecule has 11 heavy (non-hydrogen) atoms. The van der Waals surface area contributed by atoms with Crippen LogP contribution in [0, 0.1) is 17.2 Å². The van der Waals surface area contributed by atoms with Gasteiger partial charge in [-0.2, -0.15) is 5.26 Å². The van der Waals surface area contributed by atoms with E-state index in [-0.39, 0.29) is 0 Å². The van der Waals surface area contributed by atoms with Crippen molar-refractivity contribution in [2.45, 2.75) is 52.4 Å². The smallest absolute Gasteiger partial charge is 0.0624 e. The lowest BCUT2D eigenvalue weighted by Gasteiger charge is -2.04. The summed E-state index contributed by atoms with van der Waals surface area (Å²) in [5.41, 5.74) is 0. The molecule has 0 saturated heterocycles. The molecule has 0 fully saturated rings. The SMILES string of the molecule is CCCCCCC(C)CC#N. The standard InChI is InChI=1S/C10H19N/c1-3-4-5-6-7-10(2)8-9-11/h10H,3-8H2,1-2H3. The van der Waals surface area contributed by atoms with E-state index in [1.54, 1.807) is 0 Å². The van der Waals surface area contributed by atoms with Gasteiger partial charge in [0.1, 0.15) is 0 Å². The maximum Gasteiger partial charge on any atom is 0.0624 e. The largest absolute Gasteiger partial charge is 0.198 e. The second kappa shape index (κ2) is 7.60. The van der Waals surface area contributed by atoms with Crippen LogP contribution in [0.4, 0.5) is 0 Å². The summed E-state index contributed by atoms with van der Waals surface area (Å²) >= 11 is 0. The van der Waals surface area contributed by atoms with Gasteiger partial charge in [-0.25, -0.2) is 0 Å². The molecule has 0 aliphatic carbocycles. The fourth-order valence-corrected chi connectivity index (χ4v) is 1.18. The highest BCUT2D eigenvalue weighted by Gasteiger charge is 1.99. The molecule has 1 nitrogen and oxygen atoms in total. The van der Waals surface area contributed by atoms with Crippen molar-refractivity contribution in [3.8, 4) is 6.07 Å². The van der Waals surface area contributed by atoms with Gasteiger partial charge in [-0.3, -0.25) is 0 Å². The number of hydrogen-bond donors (Lipinski definition) is 0. The number of hydrogen-bond acceptors (Lipinski definition) is 1. The van der Waals surface area contributed by atoms with E-state index in [1.807, 2.05) is 0 Å². The van der Waals surface area contributed by atoms with Crippen LogP contribution in [0.5, 0.6) is 0 Å². The average molecular weight is 153 g/mol. The Morgan fingerprint density at radius 1 is 1.27 bits per heavy atom. The molecule has 0 amide bonds. The van der Waals surface area contributed by atoms with Gasteiger partial charge in [-0.1, -0.05) is 39.5 Å². The monoisotopic (exact) mass is 153 g/mol. The highest BCUT2D eigenvalue weighted by Crippen LogP contribution is 2.12. The Hall–Kier alpha value is -0.510. The van der Waals surface area contributed by atoms with E-state index in [4.69, 9.17) is 5.26 Å². The summed E-state index contributed by atoms with van der Waals surface area (Å²) in [6.07, 6.45) is 7.24. The third kappa shape index (κ3) is 7.39. The molecule has 1 heteroatoms. The quantitative estimate of drug-likeness (QED) is 0.536. The molecule has 0 rings (SSSR count). The maximum atomic E-state index is 8.39. The van der Waals surface area contributed by atoms with Crippen molar-refractivity contribution in [1.29, 1.82) is 5.26 Å². The van der Waals surface area contributed by atoms with Crippen LogP contribution in [-0.4, -0.2) is 0 Å². The fourth-order valence-electron chi connectivity index (χ4n) is 1.18. The summed E-state index contributed by atoms with van der Waals surface area (Å²) in [4.78, 5) is 0. The molecular weight excluding hydrogens is 134 g/mol. The van der Waals surface area contributed by atoms with Crippen LogP contribution in [0.25, 0.3) is 0 Å². The summed E-state index contributed by atoms with van der Waals surface area (Å²) in [6.45, 7) is 4.38. The van der Waals surface area contributed by atoms with Gasteiger partial charge in [0.25, 0.3) is 0 Å². The Morgan fingerprint density at radius 3 is 2.55 bits per heavy atom. The van der Waals surface area contributed by atoms with Crippen molar-refractivity contribution in [2.24, 2.45) is 5.92 Å². The van der Waals surface area contributed by atoms with Crippen LogP contribution in [0.2, 0.25) is 0 Å². The molecule has 0 heterocycles. The first-order valence-electron chi connectivity index (χ1n) is 4.68. The van der Waals surface area contributed by atoms with Crippen molar-refractivity contribution < 1.29 is 0 Å². The van der Waals surface area contributed by atoms with Gasteiger partial charge in [0.2, 0.25) is 0 Å². The second-order valence-electron chi connectivity index (χ2n) is 3.32. The van der Waals surface area contributed by atoms with Crippen LogP contribution < -0.4 is 0 Å². The first-order valence-corrected chi connectivity index (χ1v) is 4.68. The maximum absolute atomic E-state index is 8.39. The molecule has 0 bridgehead atoms. The average Bonchev–Trinajstić information content (AvgIpc) is 1.99. The van der Waals surface area contributed by atoms with Crippen molar-refractivity contribution >= 4 is 0 Å². The lowest BCUT2D eigenvalue weighted by Crippen LogP contribution is -1.92. The Labute approximate surface area is 70.4 Å². The molecule has 0 aromatic rings. The highest BCUT2D eigenvalue weighted by atomic mass is 14.2. The molecule has 0 spiro atoms. The number of nitriles is 1. The highest BCUT2D eigenvalue weighted by molar-refractivity contribution is 4.72. The molecule has 1 atom stereocenters. The van der Waals surface area contributed by atoms with E-state index in [2.05, 4.69) is 19.9 Å². The summed E-state index contributed by atoms with van der Waals surface area (Å²) in [5.74, 6) is 0.608. The van der Waals surface area contributed by atoms with E-state index in [0.717, 1.165) is 6.42 Å². The van der Waals surface area contributed by atoms with Crippen molar-refractivity contribution in [3.05, 3.63) is 0 Å². The molecule has 0 aromatic carbocycles. The normalized spacial score (nSPS) is 12.5. The minimum absolute atomic E-state index is 0.608. The second-order valence-corrected chi connectivity index (χ2v) is 3.32. The van der Waals surface area contributed by atoms with E-state index < -0.39 is 0 Å². The zero-order valence-corrected chi connectivity index (χ0v) is 7.77. The van der Waals surface area contributed by atoms with Crippen LogP contribution >= 0.6 is 0 Å². The lowest BCUT2D eigenvalue weighted by molar-refractivity contribution is 0.497. The predicted molar refractivity (Wildman–Crippen MR) is 48.2 cm³/mol. The Balaban J connectivity index is 3.05. The predicted octanol–water partition coefficient (Wildman–Crippen LogP) is 3.51. The van der Waals surface area contributed by atoms with E-state index in [9.17, 15) is 0 Å². The molecule has 64 valence electrons. The Bertz CT molecular complexity index is 113. The van der Waals surface area contributed by atoms with Gasteiger partial charge >= 0.3 is 0 Å². The number of unbranched alkanes of at least 4 members (excludes halogenated alkanes) is 3. The van der Waals surface area contributed by atoms with Gasteiger partial charge < -0.3 is 0 Å².